The Morgan fingerprint density at radius 3 is 2.35 bits per heavy atom. The highest BCUT2D eigenvalue weighted by atomic mass is 16.5. The average Bonchev–Trinajstić information content (AvgIpc) is 2.60. The molecule has 3 heteroatoms. The summed E-state index contributed by atoms with van der Waals surface area (Å²) in [5.74, 6) is 0.872. The van der Waals surface area contributed by atoms with Crippen molar-refractivity contribution in [3.8, 4) is 5.75 Å². The monoisotopic (exact) mass is 304 g/mol. The lowest BCUT2D eigenvalue weighted by atomic mass is 10.0. The van der Waals surface area contributed by atoms with Crippen LogP contribution in [0.4, 0.5) is 5.69 Å². The van der Waals surface area contributed by atoms with Gasteiger partial charge in [0.15, 0.2) is 0 Å². The highest BCUT2D eigenvalue weighted by Crippen LogP contribution is 2.22. The quantitative estimate of drug-likeness (QED) is 0.544. The minimum absolute atomic E-state index is 0.872. The van der Waals surface area contributed by atoms with E-state index in [1.807, 2.05) is 31.2 Å². The van der Waals surface area contributed by atoms with Crippen LogP contribution in [-0.4, -0.2) is 12.8 Å². The maximum atomic E-state index is 5.26. The molecule has 0 heterocycles. The molecule has 1 N–H and O–H groups in total. The Morgan fingerprint density at radius 2 is 1.61 bits per heavy atom. The van der Waals surface area contributed by atoms with Crippen molar-refractivity contribution in [1.82, 2.24) is 0 Å². The lowest BCUT2D eigenvalue weighted by molar-refractivity contribution is 0.415. The van der Waals surface area contributed by atoms with Crippen molar-refractivity contribution >= 4 is 22.2 Å². The van der Waals surface area contributed by atoms with Crippen molar-refractivity contribution < 1.29 is 4.74 Å². The highest BCUT2D eigenvalue weighted by Gasteiger charge is 2.02. The van der Waals surface area contributed by atoms with Gasteiger partial charge < -0.3 is 4.74 Å². The lowest BCUT2D eigenvalue weighted by Gasteiger charge is -2.07. The van der Waals surface area contributed by atoms with Gasteiger partial charge in [-0.2, -0.15) is 5.10 Å². The van der Waals surface area contributed by atoms with Crippen LogP contribution >= 0.6 is 0 Å². The Bertz CT molecular complexity index is 851. The summed E-state index contributed by atoms with van der Waals surface area (Å²) in [4.78, 5) is 0. The molecule has 0 unspecified atom stereocenters. The standard InChI is InChI=1S/C20H20N2O/c1-14-4-9-19(10-5-14)22-21-15(2)16-6-7-18-13-20(23-3)11-8-17(18)12-16/h4-13,22H,1-3H3. The topological polar surface area (TPSA) is 33.6 Å². The Hall–Kier alpha value is -2.81. The van der Waals surface area contributed by atoms with Gasteiger partial charge in [0.2, 0.25) is 0 Å². The number of rotatable bonds is 4. The predicted octanol–water partition coefficient (Wildman–Crippen LogP) is 4.99. The second-order valence-corrected chi connectivity index (χ2v) is 5.60. The molecule has 23 heavy (non-hydrogen) atoms. The molecule has 0 saturated carbocycles. The van der Waals surface area contributed by atoms with Crippen LogP contribution in [0.1, 0.15) is 18.1 Å². The first-order chi connectivity index (χ1) is 11.2. The third-order valence-electron chi connectivity index (χ3n) is 3.87. The number of hydrogen-bond donors (Lipinski definition) is 1. The number of fused-ring (bicyclic) bond motifs is 1. The Labute approximate surface area is 136 Å². The van der Waals surface area contributed by atoms with E-state index in [2.05, 4.69) is 53.8 Å². The van der Waals surface area contributed by atoms with Gasteiger partial charge in [-0.05, 0) is 60.5 Å². The molecular formula is C20H20N2O. The second-order valence-electron chi connectivity index (χ2n) is 5.60. The number of nitrogens with zero attached hydrogens (tertiary/aromatic N) is 1. The maximum Gasteiger partial charge on any atom is 0.119 e. The molecule has 0 fully saturated rings. The zero-order chi connectivity index (χ0) is 16.2. The molecule has 0 aliphatic heterocycles. The van der Waals surface area contributed by atoms with E-state index in [1.54, 1.807) is 7.11 Å². The number of hydrogen-bond acceptors (Lipinski definition) is 3. The molecule has 3 nitrogen and oxygen atoms in total. The summed E-state index contributed by atoms with van der Waals surface area (Å²) in [6, 6.07) is 20.6. The largest absolute Gasteiger partial charge is 0.497 e. The van der Waals surface area contributed by atoms with Crippen molar-refractivity contribution in [2.24, 2.45) is 5.10 Å². The van der Waals surface area contributed by atoms with Crippen molar-refractivity contribution in [2.45, 2.75) is 13.8 Å². The number of nitrogens with one attached hydrogen (secondary N) is 1. The number of aryl methyl sites for hydroxylation is 1. The molecule has 0 bridgehead atoms. The predicted molar refractivity (Wildman–Crippen MR) is 97.5 cm³/mol. The van der Waals surface area contributed by atoms with Crippen molar-refractivity contribution in [2.75, 3.05) is 12.5 Å². The molecule has 0 atom stereocenters. The summed E-state index contributed by atoms with van der Waals surface area (Å²) < 4.78 is 5.26. The Kier molecular flexibility index (Phi) is 4.29. The molecule has 0 spiro atoms. The van der Waals surface area contributed by atoms with Gasteiger partial charge in [0, 0.05) is 0 Å². The van der Waals surface area contributed by atoms with Gasteiger partial charge in [-0.25, -0.2) is 0 Å². The Balaban J connectivity index is 1.83. The molecule has 3 rings (SSSR count). The van der Waals surface area contributed by atoms with Crippen molar-refractivity contribution in [3.63, 3.8) is 0 Å². The third kappa shape index (κ3) is 3.51. The van der Waals surface area contributed by atoms with E-state index in [1.165, 1.54) is 10.9 Å². The zero-order valence-electron chi connectivity index (χ0n) is 13.6. The van der Waals surface area contributed by atoms with Crippen LogP contribution < -0.4 is 10.2 Å². The fourth-order valence-electron chi connectivity index (χ4n) is 2.42. The van der Waals surface area contributed by atoms with E-state index in [0.29, 0.717) is 0 Å². The highest BCUT2D eigenvalue weighted by molar-refractivity contribution is 6.02. The average molecular weight is 304 g/mol. The normalized spacial score (nSPS) is 11.5. The number of ether oxygens (including phenoxy) is 1. The fourth-order valence-corrected chi connectivity index (χ4v) is 2.42. The van der Waals surface area contributed by atoms with E-state index in [9.17, 15) is 0 Å². The summed E-state index contributed by atoms with van der Waals surface area (Å²) >= 11 is 0. The first-order valence-corrected chi connectivity index (χ1v) is 7.61. The summed E-state index contributed by atoms with van der Waals surface area (Å²) in [6.45, 7) is 4.08. The number of methoxy groups -OCH3 is 1. The first kappa shape index (κ1) is 15.1. The van der Waals surface area contributed by atoms with E-state index in [0.717, 1.165) is 28.1 Å². The smallest absolute Gasteiger partial charge is 0.119 e. The van der Waals surface area contributed by atoms with Gasteiger partial charge in [-0.15, -0.1) is 0 Å². The van der Waals surface area contributed by atoms with E-state index >= 15 is 0 Å². The SMILES string of the molecule is COc1ccc2cc(C(C)=NNc3ccc(C)cc3)ccc2c1. The fraction of sp³-hybridized carbons (Fsp3) is 0.150. The molecular weight excluding hydrogens is 284 g/mol. The molecule has 116 valence electrons. The lowest BCUT2D eigenvalue weighted by Crippen LogP contribution is -1.99. The molecule has 0 radical (unpaired) electrons. The van der Waals surface area contributed by atoms with E-state index in [-0.39, 0.29) is 0 Å². The molecule has 0 amide bonds. The molecule has 3 aromatic carbocycles. The summed E-state index contributed by atoms with van der Waals surface area (Å²) in [7, 11) is 1.68. The van der Waals surface area contributed by atoms with Crippen molar-refractivity contribution in [3.05, 3.63) is 71.8 Å². The molecule has 0 aliphatic rings. The van der Waals surface area contributed by atoms with Gasteiger partial charge >= 0.3 is 0 Å². The van der Waals surface area contributed by atoms with Gasteiger partial charge in [0.25, 0.3) is 0 Å². The minimum atomic E-state index is 0.872. The number of hydrazone groups is 1. The summed E-state index contributed by atoms with van der Waals surface area (Å²) in [5, 5.41) is 6.81. The number of anilines is 1. The van der Waals surface area contributed by atoms with E-state index < -0.39 is 0 Å². The van der Waals surface area contributed by atoms with Crippen LogP contribution in [0.15, 0.2) is 65.8 Å². The zero-order valence-corrected chi connectivity index (χ0v) is 13.6. The van der Waals surface area contributed by atoms with Crippen LogP contribution in [0.25, 0.3) is 10.8 Å². The molecule has 0 aromatic heterocycles. The van der Waals surface area contributed by atoms with Crippen LogP contribution in [0, 0.1) is 6.92 Å². The summed E-state index contributed by atoms with van der Waals surface area (Å²) in [5.41, 5.74) is 7.37. The van der Waals surface area contributed by atoms with Gasteiger partial charge in [-0.1, -0.05) is 35.9 Å². The van der Waals surface area contributed by atoms with Gasteiger partial charge in [0.1, 0.15) is 5.75 Å². The van der Waals surface area contributed by atoms with Gasteiger partial charge in [0.05, 0.1) is 18.5 Å². The van der Waals surface area contributed by atoms with Crippen LogP contribution in [0.3, 0.4) is 0 Å². The van der Waals surface area contributed by atoms with E-state index in [4.69, 9.17) is 4.74 Å². The van der Waals surface area contributed by atoms with Crippen LogP contribution in [0.2, 0.25) is 0 Å². The molecule has 0 aliphatic carbocycles. The van der Waals surface area contributed by atoms with Gasteiger partial charge in [-0.3, -0.25) is 5.43 Å². The number of benzene rings is 3. The molecule has 3 aromatic rings. The third-order valence-corrected chi connectivity index (χ3v) is 3.87. The van der Waals surface area contributed by atoms with Crippen LogP contribution in [0.5, 0.6) is 5.75 Å². The Morgan fingerprint density at radius 1 is 0.913 bits per heavy atom. The van der Waals surface area contributed by atoms with Crippen molar-refractivity contribution in [1.29, 1.82) is 0 Å². The second kappa shape index (κ2) is 6.53. The molecule has 0 saturated heterocycles. The minimum Gasteiger partial charge on any atom is -0.497 e. The first-order valence-electron chi connectivity index (χ1n) is 7.61. The summed E-state index contributed by atoms with van der Waals surface area (Å²) in [6.07, 6.45) is 0. The maximum absolute atomic E-state index is 5.26. The van der Waals surface area contributed by atoms with Crippen LogP contribution in [-0.2, 0) is 0 Å².